The van der Waals surface area contributed by atoms with Crippen LogP contribution in [0.1, 0.15) is 287 Å². The zero-order valence-corrected chi connectivity index (χ0v) is 85.1. The second-order valence-corrected chi connectivity index (χ2v) is 49.2. The van der Waals surface area contributed by atoms with Crippen molar-refractivity contribution in [3.05, 3.63) is 24.2 Å². The molecule has 1 aromatic rings. The number of esters is 3. The number of furan rings is 1. The van der Waals surface area contributed by atoms with Gasteiger partial charge in [0, 0.05) is 25.2 Å². The molecule has 3 unspecified atom stereocenters. The Labute approximate surface area is 806 Å². The number of ether oxygens (including phenoxy) is 3. The van der Waals surface area contributed by atoms with Crippen LogP contribution < -0.4 is 65.1 Å². The molecule has 15 N–H and O–H groups in total. The van der Waals surface area contributed by atoms with Gasteiger partial charge in [-0.3, -0.25) is 57.5 Å². The number of Topliss-reactive ketones (excluding diaryl/α,β-unsaturated/α-hetero) is 3. The average Bonchev–Trinajstić information content (AvgIpc) is 1.53. The van der Waals surface area contributed by atoms with Gasteiger partial charge < -0.3 is 98.4 Å². The molecule has 764 valence electrons. The predicted molar refractivity (Wildman–Crippen MR) is 503 cm³/mol. The van der Waals surface area contributed by atoms with Crippen LogP contribution in [0.2, 0.25) is 0 Å². The van der Waals surface area contributed by atoms with E-state index in [0.29, 0.717) is 44.5 Å². The number of rotatable bonds is 35. The highest BCUT2D eigenvalue weighted by Gasteiger charge is 2.73. The van der Waals surface area contributed by atoms with Crippen LogP contribution in [0, 0.1) is 102 Å². The molecule has 137 heavy (non-hydrogen) atoms. The van der Waals surface area contributed by atoms with Gasteiger partial charge in [0.25, 0.3) is 17.7 Å². The first kappa shape index (κ1) is 109. The SMILES string of the molecule is CC(C)(C)C[C@H](NC(=O)N[C@H](C(=O)N1C[C@H]2[C@@H]([C@H]1C(=O)NC(CC1CC1)C(=O)C(N)=O)C2(C)C)C(C)(C)C)C(=O)OCc1ccoc1.CC(C)(C)[C@H](NC(=O)N[C@H](C(=O)N1C[C@H]2[C@@H]([C@H]1C(=O)NC(CC1CC1)C(=O)C(N)=O)C2(C)C)C(C)(C)C)C(=O)OC1CCC1.CC(C)(C)[C@H](NC(=O)N[C@H](C(=O)N1C[C@H]2[C@@H]([C@H]1C(=O)NC(CC1CCC1)C(=O)C(N)=O)C2(C)C)C(C)(C)C)C(=O)OC1CCCC1. The number of ketones is 3. The number of carbonyl (C=O) groups is 18. The zero-order valence-electron chi connectivity index (χ0n) is 85.1. The van der Waals surface area contributed by atoms with Crippen LogP contribution in [-0.2, 0) is 92.7 Å². The topological polar surface area (TPSA) is 544 Å². The van der Waals surface area contributed by atoms with E-state index in [1.54, 1.807) is 26.8 Å². The molecule has 4 heterocycles. The van der Waals surface area contributed by atoms with Crippen molar-refractivity contribution in [2.75, 3.05) is 19.6 Å². The van der Waals surface area contributed by atoms with E-state index in [2.05, 4.69) is 61.7 Å². The second kappa shape index (κ2) is 41.6. The van der Waals surface area contributed by atoms with E-state index in [9.17, 15) is 86.3 Å². The Morgan fingerprint density at radius 3 is 0.905 bits per heavy atom. The van der Waals surface area contributed by atoms with Crippen molar-refractivity contribution in [2.45, 2.75) is 373 Å². The monoisotopic (exact) mass is 1920 g/mol. The molecule has 3 aliphatic heterocycles. The summed E-state index contributed by atoms with van der Waals surface area (Å²) in [7, 11) is 0. The van der Waals surface area contributed by atoms with Crippen molar-refractivity contribution in [3.8, 4) is 0 Å². The third kappa shape index (κ3) is 26.9. The highest BCUT2D eigenvalue weighted by molar-refractivity contribution is 6.39. The molecule has 11 fully saturated rings. The highest BCUT2D eigenvalue weighted by atomic mass is 16.6. The van der Waals surface area contributed by atoms with Gasteiger partial charge >= 0.3 is 36.0 Å². The van der Waals surface area contributed by atoms with Gasteiger partial charge in [-0.25, -0.2) is 28.8 Å². The van der Waals surface area contributed by atoms with Gasteiger partial charge in [0.15, 0.2) is 0 Å². The molecule has 0 bridgehead atoms. The lowest BCUT2D eigenvalue weighted by Gasteiger charge is -2.38. The number of hydrogen-bond donors (Lipinski definition) is 12. The minimum Gasteiger partial charge on any atom is -0.472 e. The molecule has 0 aromatic carbocycles. The molecule has 8 saturated carbocycles. The fourth-order valence-corrected chi connectivity index (χ4v) is 20.9. The van der Waals surface area contributed by atoms with Crippen molar-refractivity contribution in [2.24, 2.45) is 119 Å². The average molecular weight is 1920 g/mol. The van der Waals surface area contributed by atoms with Crippen molar-refractivity contribution in [1.82, 2.24) is 62.6 Å². The molecule has 3 saturated heterocycles. The number of carbonyl (C=O) groups excluding carboxylic acids is 18. The predicted octanol–water partition coefficient (Wildman–Crippen LogP) is 7.51. The number of nitrogens with one attached hydrogen (secondary N) is 9. The summed E-state index contributed by atoms with van der Waals surface area (Å²) < 4.78 is 21.8. The number of primary amides is 3. The van der Waals surface area contributed by atoms with Crippen LogP contribution in [0.4, 0.5) is 14.4 Å². The van der Waals surface area contributed by atoms with Crippen LogP contribution in [0.5, 0.6) is 0 Å². The fourth-order valence-electron chi connectivity index (χ4n) is 20.9. The number of likely N-dealkylation sites (tertiary alicyclic amines) is 3. The first-order chi connectivity index (χ1) is 63.2. The van der Waals surface area contributed by atoms with Crippen LogP contribution in [0.15, 0.2) is 23.0 Å². The summed E-state index contributed by atoms with van der Waals surface area (Å²) in [6.45, 7) is 46.3. The minimum atomic E-state index is -1.11. The van der Waals surface area contributed by atoms with Crippen molar-refractivity contribution < 1.29 is 105 Å². The molecule has 12 rings (SSSR count). The first-order valence-electron chi connectivity index (χ1n) is 49.3. The number of fused-ring (bicyclic) bond motifs is 3. The number of nitrogens with zero attached hydrogens (tertiary/aromatic N) is 3. The summed E-state index contributed by atoms with van der Waals surface area (Å²) in [4.78, 5) is 242. The quantitative estimate of drug-likeness (QED) is 0.0178. The summed E-state index contributed by atoms with van der Waals surface area (Å²) in [6, 6.07) is -12.2. The molecule has 8 aliphatic carbocycles. The zero-order chi connectivity index (χ0) is 102. The summed E-state index contributed by atoms with van der Waals surface area (Å²) in [6.07, 6.45) is 16.6. The van der Waals surface area contributed by atoms with Gasteiger partial charge in [0.2, 0.25) is 52.8 Å². The fraction of sp³-hybridized carbons (Fsp3) is 0.780. The lowest BCUT2D eigenvalue weighted by Crippen LogP contribution is -2.63. The maximum atomic E-state index is 14.3. The van der Waals surface area contributed by atoms with E-state index in [0.717, 1.165) is 89.9 Å². The summed E-state index contributed by atoms with van der Waals surface area (Å²) in [5, 5.41) is 24.9. The molecule has 1 aromatic heterocycles. The van der Waals surface area contributed by atoms with E-state index in [1.807, 2.05) is 132 Å². The molecule has 0 spiro atoms. The maximum Gasteiger partial charge on any atom is 0.329 e. The Kier molecular flexibility index (Phi) is 33.1. The Balaban J connectivity index is 0.000000212. The molecule has 11 aliphatic rings. The van der Waals surface area contributed by atoms with Crippen molar-refractivity contribution >= 4 is 107 Å². The number of amides is 15. The van der Waals surface area contributed by atoms with Crippen LogP contribution in [0.25, 0.3) is 0 Å². The Hall–Kier alpha value is -10.3. The van der Waals surface area contributed by atoms with Crippen molar-refractivity contribution in [1.29, 1.82) is 0 Å². The molecular formula is C100H157N15O22. The van der Waals surface area contributed by atoms with E-state index in [1.165, 1.54) is 27.2 Å². The number of nitrogens with two attached hydrogens (primary N) is 3. The third-order valence-corrected chi connectivity index (χ3v) is 30.4. The molecule has 18 atom stereocenters. The maximum absolute atomic E-state index is 14.3. The van der Waals surface area contributed by atoms with E-state index in [4.69, 9.17) is 35.8 Å². The van der Waals surface area contributed by atoms with Crippen molar-refractivity contribution in [3.63, 3.8) is 0 Å². The van der Waals surface area contributed by atoms with Gasteiger partial charge in [-0.15, -0.1) is 0 Å². The van der Waals surface area contributed by atoms with Gasteiger partial charge in [-0.05, 0) is 179 Å². The highest BCUT2D eigenvalue weighted by Crippen LogP contribution is 2.67. The Bertz CT molecular complexity index is 4710. The van der Waals surface area contributed by atoms with E-state index in [-0.39, 0.29) is 100 Å². The molecule has 37 nitrogen and oxygen atoms in total. The molecule has 15 amide bonds. The summed E-state index contributed by atoms with van der Waals surface area (Å²) in [5.41, 5.74) is 12.0. The van der Waals surface area contributed by atoms with Gasteiger partial charge in [0.05, 0.1) is 30.7 Å². The number of urea groups is 3. The molecule has 0 radical (unpaired) electrons. The number of hydrogen-bond acceptors (Lipinski definition) is 22. The van der Waals surface area contributed by atoms with Crippen LogP contribution >= 0.6 is 0 Å². The molecule has 37 heteroatoms. The smallest absolute Gasteiger partial charge is 0.329 e. The van der Waals surface area contributed by atoms with Gasteiger partial charge in [-0.1, -0.05) is 211 Å². The van der Waals surface area contributed by atoms with Gasteiger partial charge in [-0.2, -0.15) is 0 Å². The Morgan fingerprint density at radius 2 is 0.657 bits per heavy atom. The van der Waals surface area contributed by atoms with E-state index < -0.39 is 206 Å². The first-order valence-corrected chi connectivity index (χ1v) is 49.3. The summed E-state index contributed by atoms with van der Waals surface area (Å²) in [5.74, 6) is -9.89. The number of piperidine rings is 3. The lowest BCUT2D eigenvalue weighted by atomic mass is 9.80. The summed E-state index contributed by atoms with van der Waals surface area (Å²) >= 11 is 0. The molecular weight excluding hydrogens is 1760 g/mol. The van der Waals surface area contributed by atoms with E-state index >= 15 is 0 Å². The van der Waals surface area contributed by atoms with Gasteiger partial charge in [0.1, 0.15) is 73.2 Å². The normalized spacial score (nSPS) is 25.3. The third-order valence-electron chi connectivity index (χ3n) is 30.4. The van der Waals surface area contributed by atoms with Crippen LogP contribution in [-0.4, -0.2) is 226 Å². The Morgan fingerprint density at radius 1 is 0.372 bits per heavy atom. The minimum absolute atomic E-state index is 0.0218. The lowest BCUT2D eigenvalue weighted by molar-refractivity contribution is -0.158. The largest absolute Gasteiger partial charge is 0.472 e. The second-order valence-electron chi connectivity index (χ2n) is 49.2. The standard InChI is InChI=1S/C34H51N5O8.C34H55N5O7.C32H51N5O7/c1-32(2,3)14-22(30(44)47-17-19-11-12-46-16-19)37-31(45)38-26(33(4,5)6)29(43)39-15-20-23(34(20,7)8)24(39)28(42)36-21(13-18-9-10-18)25(40)27(35)41;1-32(2,3)25(37-31(45)38-26(33(4,5)6)30(44)46-19-14-9-10-15-19)29(43)39-17-20-22(34(20,7)8)23(39)28(42)36-21(24(40)27(35)41)16-18-12-11-13-18;1-30(2,3)23(35-29(43)36-24(31(4,5)6)28(42)44-17-10-9-11-17)27(41)37-15-18-20(32(18,7)8)21(37)26(40)34-19(14-16-12-13-16)22(38)25(33)39/h11-12,16,18,20-24,26H,9-10,13-15,17H2,1-8H3,(H2,35,41)(H,36,42)(H2,37,38,45);18-23,25-26H,9-17H2,1-8H3,(H2,35,41)(H,36,42)(H2,37,38,45);16-21,23-24H,9-15H2,1-8H3,(H2,33,39)(H,34,40)(H2,35,36,43)/t20-,21?,22-,23-,24-,26+;20-,21?,22-,23-,25+,26+;18-,19?,20-,21-,23+,24+/m000/s1. The van der Waals surface area contributed by atoms with Crippen LogP contribution in [0.3, 0.4) is 0 Å².